The molecule has 1 aromatic heterocycles. The van der Waals surface area contributed by atoms with Crippen LogP contribution >= 0.6 is 11.8 Å². The van der Waals surface area contributed by atoms with Crippen molar-refractivity contribution in [2.24, 2.45) is 7.05 Å². The first-order valence-corrected chi connectivity index (χ1v) is 8.91. The molecule has 130 valence electrons. The molecule has 1 heterocycles. The van der Waals surface area contributed by atoms with Gasteiger partial charge in [0.05, 0.1) is 16.3 Å². The predicted octanol–water partition coefficient (Wildman–Crippen LogP) is 3.85. The average Bonchev–Trinajstić information content (AvgIpc) is 2.90. The van der Waals surface area contributed by atoms with Crippen molar-refractivity contribution in [3.63, 3.8) is 0 Å². The topological polar surface area (TPSA) is 38.1 Å². The Morgan fingerprint density at radius 3 is 2.76 bits per heavy atom. The van der Waals surface area contributed by atoms with Crippen LogP contribution in [0.4, 0.5) is 4.39 Å². The zero-order valence-corrected chi connectivity index (χ0v) is 15.3. The van der Waals surface area contributed by atoms with Crippen LogP contribution in [0.2, 0.25) is 0 Å². The molecule has 4 nitrogen and oxygen atoms in total. The molecule has 3 rings (SSSR count). The minimum absolute atomic E-state index is 0.0127. The second-order valence-electron chi connectivity index (χ2n) is 6.03. The molecule has 3 aromatic rings. The maximum atomic E-state index is 13.3. The first-order valence-electron chi connectivity index (χ1n) is 8.03. The number of para-hydroxylation sites is 2. The SMILES string of the molecule is C[C@@H](Sc1nc2ccccc2n1C)C(=O)N(C)Cc1cccc(F)c1. The fourth-order valence-electron chi connectivity index (χ4n) is 2.73. The molecule has 2 aromatic carbocycles. The van der Waals surface area contributed by atoms with Gasteiger partial charge in [-0.1, -0.05) is 36.0 Å². The highest BCUT2D eigenvalue weighted by atomic mass is 32.2. The minimum atomic E-state index is -0.291. The maximum absolute atomic E-state index is 13.3. The van der Waals surface area contributed by atoms with Crippen LogP contribution in [0.15, 0.2) is 53.7 Å². The van der Waals surface area contributed by atoms with Crippen LogP contribution in [-0.2, 0) is 18.4 Å². The van der Waals surface area contributed by atoms with Gasteiger partial charge in [-0.25, -0.2) is 9.37 Å². The molecule has 0 saturated heterocycles. The van der Waals surface area contributed by atoms with Gasteiger partial charge in [0.15, 0.2) is 5.16 Å². The van der Waals surface area contributed by atoms with Crippen molar-refractivity contribution in [2.45, 2.75) is 23.9 Å². The van der Waals surface area contributed by atoms with Crippen molar-refractivity contribution in [2.75, 3.05) is 7.05 Å². The Kier molecular flexibility index (Phi) is 5.08. The van der Waals surface area contributed by atoms with E-state index in [0.29, 0.717) is 6.54 Å². The number of amides is 1. The molecule has 0 aliphatic carbocycles. The van der Waals surface area contributed by atoms with Crippen molar-refractivity contribution in [1.82, 2.24) is 14.5 Å². The second kappa shape index (κ2) is 7.27. The number of halogens is 1. The number of fused-ring (bicyclic) bond motifs is 1. The first-order chi connectivity index (χ1) is 12.0. The number of aromatic nitrogens is 2. The summed E-state index contributed by atoms with van der Waals surface area (Å²) >= 11 is 1.43. The standard InChI is InChI=1S/C19H20FN3OS/c1-13(18(24)22(2)12-14-7-6-8-15(20)11-14)25-19-21-16-9-4-5-10-17(16)23(19)3/h4-11,13H,12H2,1-3H3/t13-/m1/s1. The van der Waals surface area contributed by atoms with E-state index in [0.717, 1.165) is 21.8 Å². The second-order valence-corrected chi connectivity index (χ2v) is 7.33. The van der Waals surface area contributed by atoms with E-state index in [9.17, 15) is 9.18 Å². The third-order valence-corrected chi connectivity index (χ3v) is 5.19. The predicted molar refractivity (Wildman–Crippen MR) is 98.9 cm³/mol. The molecule has 25 heavy (non-hydrogen) atoms. The Morgan fingerprint density at radius 1 is 1.28 bits per heavy atom. The van der Waals surface area contributed by atoms with E-state index in [1.807, 2.05) is 48.9 Å². The van der Waals surface area contributed by atoms with Crippen LogP contribution in [0.5, 0.6) is 0 Å². The van der Waals surface area contributed by atoms with Gasteiger partial charge in [-0.05, 0) is 36.8 Å². The number of nitrogens with zero attached hydrogens (tertiary/aromatic N) is 3. The third kappa shape index (κ3) is 3.85. The van der Waals surface area contributed by atoms with E-state index >= 15 is 0 Å². The number of thioether (sulfide) groups is 1. The monoisotopic (exact) mass is 357 g/mol. The van der Waals surface area contributed by atoms with E-state index in [1.165, 1.54) is 23.9 Å². The first kappa shape index (κ1) is 17.5. The average molecular weight is 357 g/mol. The number of carbonyl (C=O) groups excluding carboxylic acids is 1. The fourth-order valence-corrected chi connectivity index (χ4v) is 3.74. The number of aryl methyl sites for hydroxylation is 1. The number of carbonyl (C=O) groups is 1. The quantitative estimate of drug-likeness (QED) is 0.651. The number of rotatable bonds is 5. The Hall–Kier alpha value is -2.34. The van der Waals surface area contributed by atoms with E-state index in [2.05, 4.69) is 4.98 Å². The van der Waals surface area contributed by atoms with Gasteiger partial charge < -0.3 is 9.47 Å². The number of imidazole rings is 1. The third-order valence-electron chi connectivity index (χ3n) is 4.06. The lowest BCUT2D eigenvalue weighted by Gasteiger charge is -2.21. The Labute approximate surface area is 150 Å². The summed E-state index contributed by atoms with van der Waals surface area (Å²) < 4.78 is 15.3. The number of benzene rings is 2. The summed E-state index contributed by atoms with van der Waals surface area (Å²) in [5.41, 5.74) is 2.73. The number of hydrogen-bond donors (Lipinski definition) is 0. The van der Waals surface area contributed by atoms with E-state index in [4.69, 9.17) is 0 Å². The summed E-state index contributed by atoms with van der Waals surface area (Å²) in [6, 6.07) is 14.2. The molecule has 6 heteroatoms. The zero-order chi connectivity index (χ0) is 18.0. The summed E-state index contributed by atoms with van der Waals surface area (Å²) in [6.07, 6.45) is 0. The van der Waals surface area contributed by atoms with Gasteiger partial charge >= 0.3 is 0 Å². The summed E-state index contributed by atoms with van der Waals surface area (Å²) in [7, 11) is 3.69. The maximum Gasteiger partial charge on any atom is 0.235 e. The lowest BCUT2D eigenvalue weighted by molar-refractivity contribution is -0.129. The van der Waals surface area contributed by atoms with Gasteiger partial charge in [0.1, 0.15) is 5.82 Å². The van der Waals surface area contributed by atoms with Gasteiger partial charge in [-0.3, -0.25) is 4.79 Å². The fraction of sp³-hybridized carbons (Fsp3) is 0.263. The van der Waals surface area contributed by atoms with Crippen LogP contribution in [0.1, 0.15) is 12.5 Å². The number of hydrogen-bond acceptors (Lipinski definition) is 3. The smallest absolute Gasteiger partial charge is 0.235 e. The zero-order valence-electron chi connectivity index (χ0n) is 14.4. The molecular weight excluding hydrogens is 337 g/mol. The van der Waals surface area contributed by atoms with Gasteiger partial charge in [-0.2, -0.15) is 0 Å². The highest BCUT2D eigenvalue weighted by Gasteiger charge is 2.21. The highest BCUT2D eigenvalue weighted by Crippen LogP contribution is 2.27. The van der Waals surface area contributed by atoms with Gasteiger partial charge in [0.2, 0.25) is 5.91 Å². The molecule has 0 radical (unpaired) electrons. The van der Waals surface area contributed by atoms with Crippen molar-refractivity contribution in [3.8, 4) is 0 Å². The molecule has 0 bridgehead atoms. The van der Waals surface area contributed by atoms with Crippen molar-refractivity contribution in [1.29, 1.82) is 0 Å². The Morgan fingerprint density at radius 2 is 2.04 bits per heavy atom. The van der Waals surface area contributed by atoms with Crippen LogP contribution in [0.3, 0.4) is 0 Å². The lowest BCUT2D eigenvalue weighted by Crippen LogP contribution is -2.33. The molecule has 0 saturated carbocycles. The van der Waals surface area contributed by atoms with Crippen molar-refractivity contribution in [3.05, 3.63) is 59.9 Å². The van der Waals surface area contributed by atoms with Gasteiger partial charge in [-0.15, -0.1) is 0 Å². The van der Waals surface area contributed by atoms with E-state index < -0.39 is 0 Å². The molecule has 0 aliphatic heterocycles. The normalized spacial score (nSPS) is 12.3. The Balaban J connectivity index is 1.70. The van der Waals surface area contributed by atoms with Crippen LogP contribution in [0.25, 0.3) is 11.0 Å². The summed E-state index contributed by atoms with van der Waals surface area (Å²) in [4.78, 5) is 18.9. The molecule has 0 fully saturated rings. The van der Waals surface area contributed by atoms with Gasteiger partial charge in [0, 0.05) is 20.6 Å². The Bertz CT molecular complexity index is 909. The summed E-state index contributed by atoms with van der Waals surface area (Å²) in [5.74, 6) is -0.304. The van der Waals surface area contributed by atoms with Crippen LogP contribution in [0, 0.1) is 5.82 Å². The van der Waals surface area contributed by atoms with E-state index in [-0.39, 0.29) is 17.0 Å². The van der Waals surface area contributed by atoms with Crippen molar-refractivity contribution < 1.29 is 9.18 Å². The van der Waals surface area contributed by atoms with E-state index in [1.54, 1.807) is 18.0 Å². The highest BCUT2D eigenvalue weighted by molar-refractivity contribution is 8.00. The molecule has 0 aliphatic rings. The molecular formula is C19H20FN3OS. The largest absolute Gasteiger partial charge is 0.340 e. The summed E-state index contributed by atoms with van der Waals surface area (Å²) in [6.45, 7) is 2.25. The molecule has 0 N–H and O–H groups in total. The minimum Gasteiger partial charge on any atom is -0.340 e. The molecule has 0 unspecified atom stereocenters. The molecule has 1 amide bonds. The van der Waals surface area contributed by atoms with Gasteiger partial charge in [0.25, 0.3) is 0 Å². The lowest BCUT2D eigenvalue weighted by atomic mass is 10.2. The van der Waals surface area contributed by atoms with Crippen LogP contribution in [-0.4, -0.2) is 32.7 Å². The molecule has 0 spiro atoms. The van der Waals surface area contributed by atoms with Crippen LogP contribution < -0.4 is 0 Å². The summed E-state index contributed by atoms with van der Waals surface area (Å²) in [5, 5.41) is 0.523. The molecule has 1 atom stereocenters. The van der Waals surface area contributed by atoms with Crippen molar-refractivity contribution >= 4 is 28.7 Å².